The quantitative estimate of drug-likeness (QED) is 0.872. The summed E-state index contributed by atoms with van der Waals surface area (Å²) < 4.78 is 10.4. The maximum absolute atomic E-state index is 10.7. The molecule has 0 radical (unpaired) electrons. The molecule has 0 atom stereocenters. The molecule has 0 unspecified atom stereocenters. The third-order valence-electron chi connectivity index (χ3n) is 3.02. The van der Waals surface area contributed by atoms with Gasteiger partial charge in [0.15, 0.2) is 0 Å². The Bertz CT molecular complexity index is 691. The Labute approximate surface area is 132 Å². The van der Waals surface area contributed by atoms with Crippen LogP contribution in [0.15, 0.2) is 30.5 Å². The van der Waals surface area contributed by atoms with Gasteiger partial charge in [0.1, 0.15) is 17.3 Å². The van der Waals surface area contributed by atoms with Crippen molar-refractivity contribution in [2.75, 3.05) is 19.5 Å². The number of anilines is 1. The molecule has 1 heterocycles. The van der Waals surface area contributed by atoms with E-state index in [-0.39, 0.29) is 10.6 Å². The van der Waals surface area contributed by atoms with Crippen LogP contribution in [0.4, 0.5) is 5.82 Å². The molecule has 0 aliphatic carbocycles. The second-order valence-electron chi connectivity index (χ2n) is 4.37. The summed E-state index contributed by atoms with van der Waals surface area (Å²) in [4.78, 5) is 14.7. The molecule has 1 aromatic heterocycles. The summed E-state index contributed by atoms with van der Waals surface area (Å²) in [5, 5.41) is 14.0. The number of aromatic carboxylic acids is 1. The lowest BCUT2D eigenvalue weighted by Gasteiger charge is -2.13. The van der Waals surface area contributed by atoms with Crippen molar-refractivity contribution in [1.82, 2.24) is 4.98 Å². The molecular weight excluding hydrogens is 308 g/mol. The highest BCUT2D eigenvalue weighted by Crippen LogP contribution is 2.26. The smallest absolute Gasteiger partial charge is 0.145 e. The van der Waals surface area contributed by atoms with Crippen molar-refractivity contribution in [3.8, 4) is 11.5 Å². The summed E-state index contributed by atoms with van der Waals surface area (Å²) in [6.45, 7) is 0.407. The lowest BCUT2D eigenvalue weighted by Crippen LogP contribution is -2.22. The Morgan fingerprint density at radius 2 is 2.09 bits per heavy atom. The summed E-state index contributed by atoms with van der Waals surface area (Å²) in [6, 6.07) is 6.73. The first kappa shape index (κ1) is 15.9. The molecule has 0 aliphatic rings. The van der Waals surface area contributed by atoms with Gasteiger partial charge in [0, 0.05) is 29.9 Å². The molecule has 116 valence electrons. The van der Waals surface area contributed by atoms with Crippen LogP contribution < -0.4 is 19.9 Å². The number of hydrogen-bond donors (Lipinski definition) is 1. The van der Waals surface area contributed by atoms with Crippen LogP contribution in [0, 0.1) is 0 Å². The van der Waals surface area contributed by atoms with Gasteiger partial charge in [-0.3, -0.25) is 0 Å². The molecule has 0 spiro atoms. The SMILES string of the molecule is COc1ccc(CNc2ncc(C(=O)[O-])cc2Cl)c(OC)c1. The van der Waals surface area contributed by atoms with Crippen molar-refractivity contribution in [3.05, 3.63) is 46.6 Å². The van der Waals surface area contributed by atoms with Gasteiger partial charge in [-0.2, -0.15) is 0 Å². The fraction of sp³-hybridized carbons (Fsp3) is 0.200. The van der Waals surface area contributed by atoms with E-state index in [0.29, 0.717) is 23.9 Å². The molecule has 7 heteroatoms. The number of aromatic nitrogens is 1. The average Bonchev–Trinajstić information content (AvgIpc) is 2.53. The number of nitrogens with one attached hydrogen (secondary N) is 1. The van der Waals surface area contributed by atoms with Crippen LogP contribution in [0.25, 0.3) is 0 Å². The Hall–Kier alpha value is -2.47. The van der Waals surface area contributed by atoms with Gasteiger partial charge in [-0.1, -0.05) is 11.6 Å². The number of pyridine rings is 1. The normalized spacial score (nSPS) is 10.1. The molecule has 2 aromatic rings. The van der Waals surface area contributed by atoms with Crippen LogP contribution in [0.2, 0.25) is 5.02 Å². The number of methoxy groups -OCH3 is 2. The van der Waals surface area contributed by atoms with Crippen molar-refractivity contribution in [2.45, 2.75) is 6.54 Å². The zero-order chi connectivity index (χ0) is 16.1. The number of halogens is 1. The third kappa shape index (κ3) is 3.59. The largest absolute Gasteiger partial charge is 0.545 e. The fourth-order valence-corrected chi connectivity index (χ4v) is 2.09. The average molecular weight is 322 g/mol. The van der Waals surface area contributed by atoms with E-state index in [9.17, 15) is 9.90 Å². The summed E-state index contributed by atoms with van der Waals surface area (Å²) in [5.74, 6) is 0.409. The predicted molar refractivity (Wildman–Crippen MR) is 80.5 cm³/mol. The Morgan fingerprint density at radius 1 is 1.32 bits per heavy atom. The third-order valence-corrected chi connectivity index (χ3v) is 3.31. The van der Waals surface area contributed by atoms with Gasteiger partial charge in [-0.25, -0.2) is 4.98 Å². The Kier molecular flexibility index (Phi) is 5.06. The maximum Gasteiger partial charge on any atom is 0.145 e. The van der Waals surface area contributed by atoms with Gasteiger partial charge in [0.2, 0.25) is 0 Å². The van der Waals surface area contributed by atoms with E-state index in [1.54, 1.807) is 20.3 Å². The summed E-state index contributed by atoms with van der Waals surface area (Å²) in [6.07, 6.45) is 1.19. The Balaban J connectivity index is 2.15. The fourth-order valence-electron chi connectivity index (χ4n) is 1.86. The van der Waals surface area contributed by atoms with Crippen LogP contribution in [0.3, 0.4) is 0 Å². The number of ether oxygens (including phenoxy) is 2. The molecule has 2 rings (SSSR count). The molecule has 0 saturated heterocycles. The van der Waals surface area contributed by atoms with E-state index < -0.39 is 5.97 Å². The van der Waals surface area contributed by atoms with Gasteiger partial charge in [0.25, 0.3) is 0 Å². The van der Waals surface area contributed by atoms with Gasteiger partial charge in [-0.15, -0.1) is 0 Å². The standard InChI is InChI=1S/C15H15ClN2O4/c1-21-11-4-3-9(13(6-11)22-2)7-17-14-12(16)5-10(8-18-14)15(19)20/h3-6,8H,7H2,1-2H3,(H,17,18)(H,19,20)/p-1. The minimum Gasteiger partial charge on any atom is -0.545 e. The van der Waals surface area contributed by atoms with E-state index in [4.69, 9.17) is 21.1 Å². The topological polar surface area (TPSA) is 83.5 Å². The zero-order valence-corrected chi connectivity index (χ0v) is 12.8. The number of carbonyl (C=O) groups excluding carboxylic acids is 1. The summed E-state index contributed by atoms with van der Waals surface area (Å²) in [5.41, 5.74) is 0.808. The van der Waals surface area contributed by atoms with Crippen molar-refractivity contribution < 1.29 is 19.4 Å². The van der Waals surface area contributed by atoms with Crippen LogP contribution in [-0.2, 0) is 6.54 Å². The number of carbonyl (C=O) groups is 1. The minimum absolute atomic E-state index is 0.0717. The highest BCUT2D eigenvalue weighted by molar-refractivity contribution is 6.33. The van der Waals surface area contributed by atoms with Crippen LogP contribution in [0.1, 0.15) is 15.9 Å². The highest BCUT2D eigenvalue weighted by Gasteiger charge is 2.08. The lowest BCUT2D eigenvalue weighted by atomic mass is 10.2. The van der Waals surface area contributed by atoms with Crippen molar-refractivity contribution in [3.63, 3.8) is 0 Å². The first-order valence-corrected chi connectivity index (χ1v) is 6.74. The second kappa shape index (κ2) is 7.00. The van der Waals surface area contributed by atoms with E-state index in [2.05, 4.69) is 10.3 Å². The molecular formula is C15H14ClN2O4-. The van der Waals surface area contributed by atoms with Crippen LogP contribution >= 0.6 is 11.6 Å². The number of nitrogens with zero attached hydrogens (tertiary/aromatic N) is 1. The van der Waals surface area contributed by atoms with Gasteiger partial charge in [-0.05, 0) is 18.2 Å². The van der Waals surface area contributed by atoms with Crippen LogP contribution in [-0.4, -0.2) is 25.2 Å². The van der Waals surface area contributed by atoms with Gasteiger partial charge >= 0.3 is 0 Å². The predicted octanol–water partition coefficient (Wildman–Crippen LogP) is 1.73. The number of rotatable bonds is 6. The Morgan fingerprint density at radius 3 is 2.68 bits per heavy atom. The molecule has 0 bridgehead atoms. The zero-order valence-electron chi connectivity index (χ0n) is 12.1. The van der Waals surface area contributed by atoms with Gasteiger partial charge in [0.05, 0.1) is 25.2 Å². The first-order valence-electron chi connectivity index (χ1n) is 6.36. The van der Waals surface area contributed by atoms with Gasteiger partial charge < -0.3 is 24.7 Å². The van der Waals surface area contributed by atoms with E-state index in [1.165, 1.54) is 12.3 Å². The van der Waals surface area contributed by atoms with E-state index >= 15 is 0 Å². The number of hydrogen-bond acceptors (Lipinski definition) is 6. The number of carboxylic acids is 1. The van der Waals surface area contributed by atoms with Crippen molar-refractivity contribution >= 4 is 23.4 Å². The highest BCUT2D eigenvalue weighted by atomic mass is 35.5. The second-order valence-corrected chi connectivity index (χ2v) is 4.78. The first-order chi connectivity index (χ1) is 10.5. The van der Waals surface area contributed by atoms with Crippen molar-refractivity contribution in [2.24, 2.45) is 0 Å². The van der Waals surface area contributed by atoms with E-state index in [0.717, 1.165) is 5.56 Å². The lowest BCUT2D eigenvalue weighted by molar-refractivity contribution is -0.255. The molecule has 0 saturated carbocycles. The monoisotopic (exact) mass is 321 g/mol. The maximum atomic E-state index is 10.7. The molecule has 0 aliphatic heterocycles. The molecule has 1 aromatic carbocycles. The number of carboxylic acid groups (broad SMARTS) is 1. The molecule has 0 fully saturated rings. The summed E-state index contributed by atoms with van der Waals surface area (Å²) >= 11 is 5.99. The number of benzene rings is 1. The molecule has 6 nitrogen and oxygen atoms in total. The minimum atomic E-state index is -1.32. The molecule has 1 N–H and O–H groups in total. The molecule has 0 amide bonds. The van der Waals surface area contributed by atoms with Crippen molar-refractivity contribution in [1.29, 1.82) is 0 Å². The van der Waals surface area contributed by atoms with Crippen LogP contribution in [0.5, 0.6) is 11.5 Å². The molecule has 22 heavy (non-hydrogen) atoms. The van der Waals surface area contributed by atoms with E-state index in [1.807, 2.05) is 12.1 Å². The summed E-state index contributed by atoms with van der Waals surface area (Å²) in [7, 11) is 3.15.